The number of hydrogen-bond donors (Lipinski definition) is 1. The number of carbonyl (C=O) groups excluding carboxylic acids is 2. The van der Waals surface area contributed by atoms with Gasteiger partial charge in [-0.3, -0.25) is 9.59 Å². The van der Waals surface area contributed by atoms with Crippen molar-refractivity contribution in [1.29, 1.82) is 0 Å². The molecule has 0 aromatic heterocycles. The maximum absolute atomic E-state index is 12.8. The monoisotopic (exact) mass is 392 g/mol. The summed E-state index contributed by atoms with van der Waals surface area (Å²) in [5, 5.41) is 3.74. The van der Waals surface area contributed by atoms with Crippen LogP contribution in [0.1, 0.15) is 44.1 Å². The average Bonchev–Trinajstić information content (AvgIpc) is 3.48. The van der Waals surface area contributed by atoms with Gasteiger partial charge in [-0.25, -0.2) is 0 Å². The highest BCUT2D eigenvalue weighted by Gasteiger charge is 2.47. The molecule has 1 aromatic rings. The van der Waals surface area contributed by atoms with Crippen LogP contribution in [0.4, 0.5) is 0 Å². The number of hydrogen-bond acceptors (Lipinski definition) is 3. The maximum atomic E-state index is 12.8. The molecule has 1 aliphatic carbocycles. The van der Waals surface area contributed by atoms with E-state index in [1.807, 2.05) is 36.1 Å². The smallest absolute Gasteiger partial charge is 0.226 e. The van der Waals surface area contributed by atoms with E-state index < -0.39 is 0 Å². The summed E-state index contributed by atoms with van der Waals surface area (Å²) < 4.78 is 5.27. The van der Waals surface area contributed by atoms with Gasteiger partial charge in [0.25, 0.3) is 0 Å². The van der Waals surface area contributed by atoms with Gasteiger partial charge in [0.1, 0.15) is 0 Å². The van der Waals surface area contributed by atoms with Crippen LogP contribution in [0.2, 0.25) is 5.02 Å². The van der Waals surface area contributed by atoms with Crippen LogP contribution in [0.25, 0.3) is 0 Å². The summed E-state index contributed by atoms with van der Waals surface area (Å²) in [4.78, 5) is 27.0. The Kier molecular flexibility index (Phi) is 7.13. The predicted octanol–water partition coefficient (Wildman–Crippen LogP) is 3.22. The molecule has 2 atom stereocenters. The fourth-order valence-corrected chi connectivity index (χ4v) is 4.13. The minimum absolute atomic E-state index is 0.0136. The number of amides is 2. The molecule has 1 N–H and O–H groups in total. The zero-order chi connectivity index (χ0) is 19.2. The molecule has 1 aromatic carbocycles. The van der Waals surface area contributed by atoms with E-state index in [0.717, 1.165) is 36.3 Å². The third-order valence-corrected chi connectivity index (χ3v) is 5.90. The highest BCUT2D eigenvalue weighted by Crippen LogP contribution is 2.50. The van der Waals surface area contributed by atoms with Gasteiger partial charge in [-0.1, -0.05) is 29.8 Å². The zero-order valence-corrected chi connectivity index (χ0v) is 16.7. The molecule has 1 aliphatic heterocycles. The summed E-state index contributed by atoms with van der Waals surface area (Å²) in [6.45, 7) is 5.34. The molecule has 2 fully saturated rings. The van der Waals surface area contributed by atoms with Gasteiger partial charge in [-0.05, 0) is 50.2 Å². The summed E-state index contributed by atoms with van der Waals surface area (Å²) in [6.07, 6.45) is 3.20. The first-order valence-corrected chi connectivity index (χ1v) is 10.4. The molecule has 0 spiro atoms. The third kappa shape index (κ3) is 5.23. The van der Waals surface area contributed by atoms with Crippen molar-refractivity contribution in [1.82, 2.24) is 10.2 Å². The van der Waals surface area contributed by atoms with Crippen LogP contribution in [0.5, 0.6) is 0 Å². The fraction of sp³-hybridized carbons (Fsp3) is 0.619. The van der Waals surface area contributed by atoms with Crippen molar-refractivity contribution in [2.45, 2.75) is 38.5 Å². The first kappa shape index (κ1) is 20.2. The van der Waals surface area contributed by atoms with Gasteiger partial charge in [0.05, 0.1) is 0 Å². The van der Waals surface area contributed by atoms with Crippen LogP contribution >= 0.6 is 11.6 Å². The Morgan fingerprint density at radius 2 is 2.00 bits per heavy atom. The molecule has 3 rings (SSSR count). The topological polar surface area (TPSA) is 58.6 Å². The molecule has 2 amide bonds. The van der Waals surface area contributed by atoms with Gasteiger partial charge >= 0.3 is 0 Å². The van der Waals surface area contributed by atoms with Gasteiger partial charge in [-0.15, -0.1) is 0 Å². The third-order valence-electron chi connectivity index (χ3n) is 5.56. The van der Waals surface area contributed by atoms with Crippen molar-refractivity contribution in [2.24, 2.45) is 11.8 Å². The average molecular weight is 393 g/mol. The minimum atomic E-state index is 0.0136. The highest BCUT2D eigenvalue weighted by molar-refractivity contribution is 6.31. The molecule has 0 bridgehead atoms. The molecule has 6 heteroatoms. The molecule has 1 saturated carbocycles. The van der Waals surface area contributed by atoms with E-state index in [1.54, 1.807) is 0 Å². The summed E-state index contributed by atoms with van der Waals surface area (Å²) >= 11 is 6.26. The Balaban J connectivity index is 1.40. The minimum Gasteiger partial charge on any atom is -0.382 e. The second-order valence-electron chi connectivity index (χ2n) is 7.41. The number of ether oxygens (including phenoxy) is 1. The summed E-state index contributed by atoms with van der Waals surface area (Å²) in [6, 6.07) is 7.79. The van der Waals surface area contributed by atoms with E-state index in [-0.39, 0.29) is 29.6 Å². The molecule has 2 unspecified atom stereocenters. The van der Waals surface area contributed by atoms with Crippen LogP contribution in [0.15, 0.2) is 24.3 Å². The lowest BCUT2D eigenvalue weighted by atomic mass is 9.95. The van der Waals surface area contributed by atoms with Gasteiger partial charge < -0.3 is 15.0 Å². The van der Waals surface area contributed by atoms with Crippen molar-refractivity contribution < 1.29 is 14.3 Å². The van der Waals surface area contributed by atoms with E-state index in [1.165, 1.54) is 0 Å². The first-order valence-electron chi connectivity index (χ1n) is 10.0. The molecule has 1 heterocycles. The molecule has 148 valence electrons. The lowest BCUT2D eigenvalue weighted by Gasteiger charge is -2.31. The molecule has 1 saturated heterocycles. The summed E-state index contributed by atoms with van der Waals surface area (Å²) in [5.74, 6) is 0.639. The second kappa shape index (κ2) is 9.56. The lowest BCUT2D eigenvalue weighted by Crippen LogP contribution is -2.43. The number of rotatable bonds is 8. The largest absolute Gasteiger partial charge is 0.382 e. The van der Waals surface area contributed by atoms with Crippen LogP contribution in [0, 0.1) is 11.8 Å². The van der Waals surface area contributed by atoms with Crippen molar-refractivity contribution in [3.8, 4) is 0 Å². The van der Waals surface area contributed by atoms with Crippen LogP contribution in [-0.2, 0) is 14.3 Å². The molecule has 2 aliphatic rings. The Labute approximate surface area is 166 Å². The Morgan fingerprint density at radius 1 is 1.26 bits per heavy atom. The van der Waals surface area contributed by atoms with Gasteiger partial charge in [-0.2, -0.15) is 0 Å². The maximum Gasteiger partial charge on any atom is 0.226 e. The van der Waals surface area contributed by atoms with Crippen molar-refractivity contribution >= 4 is 23.4 Å². The quantitative estimate of drug-likeness (QED) is 0.691. The normalized spacial score (nSPS) is 22.5. The van der Waals surface area contributed by atoms with Crippen LogP contribution < -0.4 is 5.32 Å². The highest BCUT2D eigenvalue weighted by atomic mass is 35.5. The Morgan fingerprint density at radius 3 is 2.70 bits per heavy atom. The first-order chi connectivity index (χ1) is 13.1. The summed E-state index contributed by atoms with van der Waals surface area (Å²) in [5.41, 5.74) is 1.08. The fourth-order valence-electron chi connectivity index (χ4n) is 3.86. The van der Waals surface area contributed by atoms with E-state index >= 15 is 0 Å². The van der Waals surface area contributed by atoms with Gasteiger partial charge in [0.15, 0.2) is 0 Å². The number of piperidine rings is 1. The number of halogens is 1. The molecular weight excluding hydrogens is 364 g/mol. The number of carbonyl (C=O) groups is 2. The molecule has 27 heavy (non-hydrogen) atoms. The van der Waals surface area contributed by atoms with E-state index in [4.69, 9.17) is 16.3 Å². The Bertz CT molecular complexity index is 659. The number of nitrogens with one attached hydrogen (secondary N) is 1. The molecule has 5 nitrogen and oxygen atoms in total. The number of benzene rings is 1. The van der Waals surface area contributed by atoms with Crippen molar-refractivity contribution in [3.05, 3.63) is 34.9 Å². The summed E-state index contributed by atoms with van der Waals surface area (Å²) in [7, 11) is 0. The van der Waals surface area contributed by atoms with Gasteiger partial charge in [0.2, 0.25) is 11.8 Å². The van der Waals surface area contributed by atoms with Gasteiger partial charge in [0, 0.05) is 49.7 Å². The number of likely N-dealkylation sites (tertiary alicyclic amines) is 1. The Hall–Kier alpha value is -1.59. The predicted molar refractivity (Wildman–Crippen MR) is 106 cm³/mol. The zero-order valence-electron chi connectivity index (χ0n) is 16.0. The molecular formula is C21H29ClN2O3. The lowest BCUT2D eigenvalue weighted by molar-refractivity contribution is -0.136. The molecule has 0 radical (unpaired) electrons. The number of nitrogens with zero attached hydrogens (tertiary/aromatic N) is 1. The van der Waals surface area contributed by atoms with Crippen LogP contribution in [-0.4, -0.2) is 49.6 Å². The van der Waals surface area contributed by atoms with Crippen molar-refractivity contribution in [3.63, 3.8) is 0 Å². The van der Waals surface area contributed by atoms with Crippen molar-refractivity contribution in [2.75, 3.05) is 32.8 Å². The van der Waals surface area contributed by atoms with E-state index in [0.29, 0.717) is 32.8 Å². The SMILES string of the molecule is CCOCCCNC(=O)C1CCN(C(=O)C2CC2c2ccccc2Cl)CC1. The van der Waals surface area contributed by atoms with E-state index in [2.05, 4.69) is 5.32 Å². The van der Waals surface area contributed by atoms with E-state index in [9.17, 15) is 9.59 Å². The second-order valence-corrected chi connectivity index (χ2v) is 7.82. The standard InChI is InChI=1S/C21H29ClN2O3/c1-2-27-13-5-10-23-20(25)15-8-11-24(12-9-15)21(26)18-14-17(18)16-6-3-4-7-19(16)22/h3-4,6-7,15,17-18H,2,5,8-14H2,1H3,(H,23,25). The van der Waals surface area contributed by atoms with Crippen LogP contribution in [0.3, 0.4) is 0 Å².